The highest BCUT2D eigenvalue weighted by Gasteiger charge is 2.23. The van der Waals surface area contributed by atoms with Crippen LogP contribution in [0.25, 0.3) is 11.3 Å². The summed E-state index contributed by atoms with van der Waals surface area (Å²) in [6, 6.07) is 14.5. The molecule has 0 radical (unpaired) electrons. The number of hydrogen-bond donors (Lipinski definition) is 1. The first-order valence-corrected chi connectivity index (χ1v) is 10.4. The number of anilines is 2. The van der Waals surface area contributed by atoms with Gasteiger partial charge in [0, 0.05) is 18.7 Å². The van der Waals surface area contributed by atoms with Crippen molar-refractivity contribution in [3.8, 4) is 17.1 Å². The Labute approximate surface area is 165 Å². The van der Waals surface area contributed by atoms with Gasteiger partial charge < -0.3 is 14.5 Å². The van der Waals surface area contributed by atoms with E-state index in [1.54, 1.807) is 12.3 Å². The fourth-order valence-electron chi connectivity index (χ4n) is 2.84. The van der Waals surface area contributed by atoms with Gasteiger partial charge in [-0.25, -0.2) is 13.4 Å². The van der Waals surface area contributed by atoms with Crippen LogP contribution in [0.4, 0.5) is 11.7 Å². The van der Waals surface area contributed by atoms with Gasteiger partial charge in [0.1, 0.15) is 5.75 Å². The Morgan fingerprint density at radius 1 is 1.11 bits per heavy atom. The summed E-state index contributed by atoms with van der Waals surface area (Å²) in [5.74, 6) is 1.09. The second-order valence-electron chi connectivity index (χ2n) is 5.97. The maximum Gasteiger partial charge on any atom is 0.299 e. The Hall–Kier alpha value is -2.84. The number of rotatable bonds is 8. The first-order valence-electron chi connectivity index (χ1n) is 8.96. The van der Waals surface area contributed by atoms with E-state index in [-0.39, 0.29) is 10.9 Å². The molecule has 0 aliphatic rings. The number of benzene rings is 2. The molecular formula is C20H23N3O4S. The summed E-state index contributed by atoms with van der Waals surface area (Å²) < 4.78 is 38.1. The summed E-state index contributed by atoms with van der Waals surface area (Å²) in [4.78, 5) is 4.40. The summed E-state index contributed by atoms with van der Waals surface area (Å²) in [7, 11) is -2.07. The lowest BCUT2D eigenvalue weighted by atomic mass is 10.2. The molecule has 0 spiro atoms. The molecule has 7 nitrogen and oxygen atoms in total. The molecule has 3 aromatic rings. The Balaban J connectivity index is 1.93. The zero-order valence-corrected chi connectivity index (χ0v) is 16.9. The van der Waals surface area contributed by atoms with E-state index in [1.807, 2.05) is 44.2 Å². The van der Waals surface area contributed by atoms with Gasteiger partial charge in [0.05, 0.1) is 23.9 Å². The minimum atomic E-state index is -3.59. The minimum absolute atomic E-state index is 0.175. The zero-order chi connectivity index (χ0) is 20.1. The number of hydrogen-bond acceptors (Lipinski definition) is 6. The van der Waals surface area contributed by atoms with E-state index in [0.717, 1.165) is 5.56 Å². The maximum absolute atomic E-state index is 12.8. The fourth-order valence-corrected chi connectivity index (χ4v) is 4.33. The van der Waals surface area contributed by atoms with Crippen molar-refractivity contribution in [1.82, 2.24) is 9.29 Å². The number of ether oxygens (including phenoxy) is 1. The SMILES string of the molecule is CCN(CC)S(=O)(=O)c1ccc(OC)c(Nc2ncc(-c3ccccc3)o2)c1. The van der Waals surface area contributed by atoms with E-state index in [0.29, 0.717) is 30.3 Å². The van der Waals surface area contributed by atoms with Gasteiger partial charge in [0.15, 0.2) is 5.76 Å². The quantitative estimate of drug-likeness (QED) is 0.611. The summed E-state index contributed by atoms with van der Waals surface area (Å²) in [6.07, 6.45) is 1.61. The number of aromatic nitrogens is 1. The molecule has 1 aromatic heterocycles. The highest BCUT2D eigenvalue weighted by atomic mass is 32.2. The molecule has 0 saturated heterocycles. The largest absolute Gasteiger partial charge is 0.495 e. The van der Waals surface area contributed by atoms with Crippen LogP contribution in [0, 0.1) is 0 Å². The Morgan fingerprint density at radius 3 is 2.46 bits per heavy atom. The average molecular weight is 401 g/mol. The van der Waals surface area contributed by atoms with Gasteiger partial charge >= 0.3 is 0 Å². The summed E-state index contributed by atoms with van der Waals surface area (Å²) >= 11 is 0. The lowest BCUT2D eigenvalue weighted by molar-refractivity contribution is 0.415. The van der Waals surface area contributed by atoms with Gasteiger partial charge in [-0.1, -0.05) is 44.2 Å². The first-order chi connectivity index (χ1) is 13.5. The molecule has 8 heteroatoms. The lowest BCUT2D eigenvalue weighted by Gasteiger charge is -2.19. The third kappa shape index (κ3) is 4.02. The van der Waals surface area contributed by atoms with Gasteiger partial charge in [-0.05, 0) is 18.2 Å². The maximum atomic E-state index is 12.8. The van der Waals surface area contributed by atoms with Crippen molar-refractivity contribution in [2.24, 2.45) is 0 Å². The summed E-state index contributed by atoms with van der Waals surface area (Å²) in [5.41, 5.74) is 1.35. The minimum Gasteiger partial charge on any atom is -0.495 e. The molecule has 0 aliphatic heterocycles. The molecule has 2 aromatic carbocycles. The van der Waals surface area contributed by atoms with E-state index in [4.69, 9.17) is 9.15 Å². The predicted molar refractivity (Wildman–Crippen MR) is 108 cm³/mol. The van der Waals surface area contributed by atoms with Crippen LogP contribution in [-0.4, -0.2) is 37.9 Å². The highest BCUT2D eigenvalue weighted by molar-refractivity contribution is 7.89. The molecule has 1 N–H and O–H groups in total. The number of nitrogens with zero attached hydrogens (tertiary/aromatic N) is 2. The molecule has 0 bridgehead atoms. The van der Waals surface area contributed by atoms with Crippen molar-refractivity contribution in [2.75, 3.05) is 25.5 Å². The lowest BCUT2D eigenvalue weighted by Crippen LogP contribution is -2.30. The van der Waals surface area contributed by atoms with Crippen LogP contribution in [0.1, 0.15) is 13.8 Å². The van der Waals surface area contributed by atoms with Gasteiger partial charge in [0.25, 0.3) is 6.01 Å². The van der Waals surface area contributed by atoms with Gasteiger partial charge in [0.2, 0.25) is 10.0 Å². The second-order valence-corrected chi connectivity index (χ2v) is 7.91. The van der Waals surface area contributed by atoms with E-state index < -0.39 is 10.0 Å². The fraction of sp³-hybridized carbons (Fsp3) is 0.250. The normalized spacial score (nSPS) is 11.6. The van der Waals surface area contributed by atoms with Crippen LogP contribution < -0.4 is 10.1 Å². The number of sulfonamides is 1. The molecular weight excluding hydrogens is 378 g/mol. The molecule has 1 heterocycles. The summed E-state index contributed by atoms with van der Waals surface area (Å²) in [6.45, 7) is 4.41. The van der Waals surface area contributed by atoms with Crippen LogP contribution in [0.2, 0.25) is 0 Å². The molecule has 3 rings (SSSR count). The molecule has 0 aliphatic carbocycles. The van der Waals surface area contributed by atoms with Crippen molar-refractivity contribution in [1.29, 1.82) is 0 Å². The standard InChI is InChI=1S/C20H23N3O4S/c1-4-23(5-2)28(24,25)16-11-12-18(26-3)17(13-16)22-20-21-14-19(27-20)15-9-7-6-8-10-15/h6-14H,4-5H2,1-3H3,(H,21,22). The number of nitrogens with one attached hydrogen (secondary N) is 1. The second kappa shape index (κ2) is 8.45. The van der Waals surface area contributed by atoms with Crippen molar-refractivity contribution >= 4 is 21.7 Å². The zero-order valence-electron chi connectivity index (χ0n) is 16.0. The molecule has 0 saturated carbocycles. The molecule has 0 atom stereocenters. The molecule has 0 unspecified atom stereocenters. The van der Waals surface area contributed by atoms with Crippen molar-refractivity contribution < 1.29 is 17.6 Å². The van der Waals surface area contributed by atoms with Crippen LogP contribution in [0.5, 0.6) is 5.75 Å². The molecule has 0 amide bonds. The monoisotopic (exact) mass is 401 g/mol. The van der Waals surface area contributed by atoms with E-state index in [1.165, 1.54) is 23.5 Å². The van der Waals surface area contributed by atoms with Crippen LogP contribution in [0.3, 0.4) is 0 Å². The Morgan fingerprint density at radius 2 is 1.82 bits per heavy atom. The molecule has 28 heavy (non-hydrogen) atoms. The topological polar surface area (TPSA) is 84.7 Å². The van der Waals surface area contributed by atoms with E-state index >= 15 is 0 Å². The number of oxazole rings is 1. The van der Waals surface area contributed by atoms with Crippen LogP contribution in [-0.2, 0) is 10.0 Å². The highest BCUT2D eigenvalue weighted by Crippen LogP contribution is 2.32. The van der Waals surface area contributed by atoms with Gasteiger partial charge in [-0.2, -0.15) is 4.31 Å². The average Bonchev–Trinajstić information content (AvgIpc) is 3.18. The van der Waals surface area contributed by atoms with E-state index in [2.05, 4.69) is 10.3 Å². The van der Waals surface area contributed by atoms with Crippen molar-refractivity contribution in [3.05, 3.63) is 54.7 Å². The van der Waals surface area contributed by atoms with Gasteiger partial charge in [-0.15, -0.1) is 0 Å². The Bertz CT molecular complexity index is 1030. The molecule has 0 fully saturated rings. The first kappa shape index (κ1) is 19.9. The van der Waals surface area contributed by atoms with Crippen molar-refractivity contribution in [3.63, 3.8) is 0 Å². The van der Waals surface area contributed by atoms with E-state index in [9.17, 15) is 8.42 Å². The molecule has 148 valence electrons. The Kier molecular flexibility index (Phi) is 6.01. The number of methoxy groups -OCH3 is 1. The van der Waals surface area contributed by atoms with Crippen molar-refractivity contribution in [2.45, 2.75) is 18.7 Å². The summed E-state index contributed by atoms with van der Waals surface area (Å²) in [5, 5.41) is 3.02. The van der Waals surface area contributed by atoms with Gasteiger partial charge in [-0.3, -0.25) is 0 Å². The predicted octanol–water partition coefficient (Wildman–Crippen LogP) is 4.12. The third-order valence-corrected chi connectivity index (χ3v) is 6.37. The van der Waals surface area contributed by atoms with Crippen LogP contribution in [0.15, 0.2) is 64.0 Å². The third-order valence-electron chi connectivity index (χ3n) is 4.32. The smallest absolute Gasteiger partial charge is 0.299 e. The van der Waals surface area contributed by atoms with Crippen LogP contribution >= 0.6 is 0 Å².